The molecule has 3 rings (SSSR count). The largest absolute Gasteiger partial charge is 0.492 e. The van der Waals surface area contributed by atoms with Gasteiger partial charge in [-0.15, -0.1) is 0 Å². The molecular weight excluding hydrogens is 338 g/mol. The Hall–Kier alpha value is -2.79. The van der Waals surface area contributed by atoms with Crippen molar-refractivity contribution in [3.8, 4) is 5.75 Å². The smallest absolute Gasteiger partial charge is 0.254 e. The van der Waals surface area contributed by atoms with E-state index < -0.39 is 0 Å². The first-order valence-corrected chi connectivity index (χ1v) is 8.32. The predicted molar refractivity (Wildman–Crippen MR) is 97.1 cm³/mol. The number of ether oxygens (including phenoxy) is 1. The van der Waals surface area contributed by atoms with Crippen LogP contribution >= 0.6 is 11.6 Å². The third kappa shape index (κ3) is 4.84. The lowest BCUT2D eigenvalue weighted by Crippen LogP contribution is -2.27. The molecule has 0 unspecified atom stereocenters. The lowest BCUT2D eigenvalue weighted by molar-refractivity contribution is 0.0947. The van der Waals surface area contributed by atoms with Gasteiger partial charge in [-0.1, -0.05) is 48.0 Å². The van der Waals surface area contributed by atoms with Crippen LogP contribution in [0.5, 0.6) is 5.75 Å². The van der Waals surface area contributed by atoms with Gasteiger partial charge >= 0.3 is 0 Å². The van der Waals surface area contributed by atoms with Crippen LogP contribution in [0.4, 0.5) is 0 Å². The van der Waals surface area contributed by atoms with E-state index in [4.69, 9.17) is 16.3 Å². The van der Waals surface area contributed by atoms with Crippen LogP contribution in [0, 0.1) is 0 Å². The maximum atomic E-state index is 12.1. The molecule has 0 aliphatic heterocycles. The number of carbonyl (C=O) groups is 1. The molecule has 0 spiro atoms. The minimum absolute atomic E-state index is 0.179. The summed E-state index contributed by atoms with van der Waals surface area (Å²) in [5.41, 5.74) is 1.46. The van der Waals surface area contributed by atoms with Crippen LogP contribution in [0.15, 0.2) is 67.0 Å². The number of benzene rings is 2. The fourth-order valence-corrected chi connectivity index (χ4v) is 2.52. The van der Waals surface area contributed by atoms with E-state index in [-0.39, 0.29) is 5.91 Å². The van der Waals surface area contributed by atoms with E-state index in [1.807, 2.05) is 54.6 Å². The van der Waals surface area contributed by atoms with E-state index >= 15 is 0 Å². The quantitative estimate of drug-likeness (QED) is 0.661. The van der Waals surface area contributed by atoms with Gasteiger partial charge in [0, 0.05) is 11.2 Å². The van der Waals surface area contributed by atoms with Crippen molar-refractivity contribution in [1.29, 1.82) is 0 Å². The lowest BCUT2D eigenvalue weighted by Gasteiger charge is -2.06. The number of carbonyl (C=O) groups excluding carboxylic acids is 1. The summed E-state index contributed by atoms with van der Waals surface area (Å²) in [6, 6.07) is 17.1. The number of aromatic nitrogens is 2. The number of rotatable bonds is 7. The minimum atomic E-state index is -0.179. The first-order valence-electron chi connectivity index (χ1n) is 7.94. The standard InChI is InChI=1S/C19H18ClN3O2/c20-18-9-5-4-6-15(18)13-23-14-16(12-22-23)19(24)21-10-11-25-17-7-2-1-3-8-17/h1-9,12,14H,10-11,13H2,(H,21,24). The molecule has 0 atom stereocenters. The molecule has 1 aromatic heterocycles. The summed E-state index contributed by atoms with van der Waals surface area (Å²) in [6.45, 7) is 1.34. The van der Waals surface area contributed by atoms with Gasteiger partial charge in [-0.05, 0) is 23.8 Å². The zero-order valence-corrected chi connectivity index (χ0v) is 14.3. The molecule has 2 aromatic carbocycles. The molecule has 6 heteroatoms. The molecule has 0 aliphatic rings. The van der Waals surface area contributed by atoms with Crippen LogP contribution < -0.4 is 10.1 Å². The van der Waals surface area contributed by atoms with Crippen molar-refractivity contribution >= 4 is 17.5 Å². The molecule has 25 heavy (non-hydrogen) atoms. The molecule has 1 N–H and O–H groups in total. The number of amides is 1. The highest BCUT2D eigenvalue weighted by molar-refractivity contribution is 6.31. The van der Waals surface area contributed by atoms with E-state index in [0.29, 0.717) is 30.3 Å². The number of hydrogen-bond donors (Lipinski definition) is 1. The third-order valence-electron chi connectivity index (χ3n) is 3.59. The van der Waals surface area contributed by atoms with Crippen molar-refractivity contribution in [3.05, 3.63) is 83.1 Å². The highest BCUT2D eigenvalue weighted by Gasteiger charge is 2.09. The summed E-state index contributed by atoms with van der Waals surface area (Å²) in [6.07, 6.45) is 3.25. The summed E-state index contributed by atoms with van der Waals surface area (Å²) in [5, 5.41) is 7.71. The Morgan fingerprint density at radius 2 is 1.88 bits per heavy atom. The molecule has 0 fully saturated rings. The van der Waals surface area contributed by atoms with Crippen molar-refractivity contribution in [1.82, 2.24) is 15.1 Å². The van der Waals surface area contributed by atoms with E-state index in [2.05, 4.69) is 10.4 Å². The van der Waals surface area contributed by atoms with E-state index in [9.17, 15) is 4.79 Å². The number of halogens is 1. The summed E-state index contributed by atoms with van der Waals surface area (Å²) in [7, 11) is 0. The van der Waals surface area contributed by atoms with Crippen molar-refractivity contribution in [2.45, 2.75) is 6.54 Å². The van der Waals surface area contributed by atoms with Gasteiger partial charge in [0.05, 0.1) is 24.8 Å². The van der Waals surface area contributed by atoms with Gasteiger partial charge < -0.3 is 10.1 Å². The molecule has 3 aromatic rings. The third-order valence-corrected chi connectivity index (χ3v) is 3.95. The Kier molecular flexibility index (Phi) is 5.69. The topological polar surface area (TPSA) is 56.1 Å². The second-order valence-electron chi connectivity index (χ2n) is 5.44. The zero-order chi connectivity index (χ0) is 17.5. The van der Waals surface area contributed by atoms with Gasteiger partial charge in [0.2, 0.25) is 0 Å². The summed E-state index contributed by atoms with van der Waals surface area (Å²) in [5.74, 6) is 0.603. The van der Waals surface area contributed by atoms with Gasteiger partial charge in [-0.25, -0.2) is 0 Å². The number of nitrogens with one attached hydrogen (secondary N) is 1. The highest BCUT2D eigenvalue weighted by Crippen LogP contribution is 2.16. The Labute approximate surface area is 151 Å². The van der Waals surface area contributed by atoms with E-state index in [1.165, 1.54) is 0 Å². The molecule has 0 aliphatic carbocycles. The summed E-state index contributed by atoms with van der Waals surface area (Å²) >= 11 is 6.14. The molecule has 1 amide bonds. The molecule has 1 heterocycles. The van der Waals surface area contributed by atoms with Gasteiger partial charge in [-0.3, -0.25) is 9.48 Å². The van der Waals surface area contributed by atoms with Gasteiger partial charge in [-0.2, -0.15) is 5.10 Å². The van der Waals surface area contributed by atoms with Crippen LogP contribution in [0.25, 0.3) is 0 Å². The Morgan fingerprint density at radius 3 is 2.68 bits per heavy atom. The molecule has 0 saturated heterocycles. The molecule has 0 radical (unpaired) electrons. The van der Waals surface area contributed by atoms with Crippen molar-refractivity contribution in [2.75, 3.05) is 13.2 Å². The predicted octanol–water partition coefficient (Wildman–Crippen LogP) is 3.39. The monoisotopic (exact) mass is 355 g/mol. The van der Waals surface area contributed by atoms with Crippen molar-refractivity contribution in [3.63, 3.8) is 0 Å². The van der Waals surface area contributed by atoms with Crippen LogP contribution in [0.2, 0.25) is 5.02 Å². The van der Waals surface area contributed by atoms with Crippen molar-refractivity contribution < 1.29 is 9.53 Å². The number of para-hydroxylation sites is 1. The first-order chi connectivity index (χ1) is 12.2. The van der Waals surface area contributed by atoms with Gasteiger partial charge in [0.1, 0.15) is 12.4 Å². The fourth-order valence-electron chi connectivity index (χ4n) is 2.32. The molecule has 5 nitrogen and oxygen atoms in total. The maximum Gasteiger partial charge on any atom is 0.254 e. The normalized spacial score (nSPS) is 10.4. The highest BCUT2D eigenvalue weighted by atomic mass is 35.5. The Bertz CT molecular complexity index is 833. The lowest BCUT2D eigenvalue weighted by atomic mass is 10.2. The molecular formula is C19H18ClN3O2. The fraction of sp³-hybridized carbons (Fsp3) is 0.158. The summed E-state index contributed by atoms with van der Waals surface area (Å²) in [4.78, 5) is 12.1. The number of nitrogens with zero attached hydrogens (tertiary/aromatic N) is 2. The summed E-state index contributed by atoms with van der Waals surface area (Å²) < 4.78 is 7.23. The Morgan fingerprint density at radius 1 is 1.12 bits per heavy atom. The maximum absolute atomic E-state index is 12.1. The average molecular weight is 356 g/mol. The molecule has 0 saturated carbocycles. The van der Waals surface area contributed by atoms with Crippen LogP contribution in [0.3, 0.4) is 0 Å². The second kappa shape index (κ2) is 8.35. The van der Waals surface area contributed by atoms with Crippen LogP contribution in [-0.2, 0) is 6.54 Å². The molecule has 128 valence electrons. The van der Waals surface area contributed by atoms with E-state index in [1.54, 1.807) is 17.1 Å². The van der Waals surface area contributed by atoms with Crippen LogP contribution in [-0.4, -0.2) is 28.8 Å². The first kappa shape index (κ1) is 17.0. The van der Waals surface area contributed by atoms with Crippen molar-refractivity contribution in [2.24, 2.45) is 0 Å². The van der Waals surface area contributed by atoms with Gasteiger partial charge in [0.15, 0.2) is 0 Å². The average Bonchev–Trinajstić information content (AvgIpc) is 3.10. The minimum Gasteiger partial charge on any atom is -0.492 e. The zero-order valence-electron chi connectivity index (χ0n) is 13.6. The molecule has 0 bridgehead atoms. The van der Waals surface area contributed by atoms with Gasteiger partial charge in [0.25, 0.3) is 5.91 Å². The van der Waals surface area contributed by atoms with E-state index in [0.717, 1.165) is 11.3 Å². The Balaban J connectivity index is 1.48. The second-order valence-corrected chi connectivity index (χ2v) is 5.84. The van der Waals surface area contributed by atoms with Crippen LogP contribution in [0.1, 0.15) is 15.9 Å². The number of hydrogen-bond acceptors (Lipinski definition) is 3. The SMILES string of the molecule is O=C(NCCOc1ccccc1)c1cnn(Cc2ccccc2Cl)c1.